The lowest BCUT2D eigenvalue weighted by atomic mass is 9.99. The van der Waals surface area contributed by atoms with Crippen LogP contribution >= 0.6 is 0 Å². The van der Waals surface area contributed by atoms with E-state index in [1.165, 1.54) is 12.1 Å². The monoisotopic (exact) mass is 334 g/mol. The van der Waals surface area contributed by atoms with Crippen LogP contribution in [0.25, 0.3) is 0 Å². The summed E-state index contributed by atoms with van der Waals surface area (Å²) in [7, 11) is 0. The van der Waals surface area contributed by atoms with E-state index in [9.17, 15) is 14.0 Å². The van der Waals surface area contributed by atoms with E-state index in [0.717, 1.165) is 25.8 Å². The Bertz CT molecular complexity index is 590. The van der Waals surface area contributed by atoms with Crippen LogP contribution < -0.4 is 4.74 Å². The minimum absolute atomic E-state index is 0.0248. The molecule has 2 saturated heterocycles. The van der Waals surface area contributed by atoms with Crippen molar-refractivity contribution in [2.75, 3.05) is 32.8 Å². The predicted molar refractivity (Wildman–Crippen MR) is 87.0 cm³/mol. The van der Waals surface area contributed by atoms with Crippen molar-refractivity contribution in [1.82, 2.24) is 9.80 Å². The van der Waals surface area contributed by atoms with Crippen LogP contribution in [0.4, 0.5) is 4.39 Å². The fraction of sp³-hybridized carbons (Fsp3) is 0.556. The van der Waals surface area contributed by atoms with Gasteiger partial charge in [0, 0.05) is 32.0 Å². The summed E-state index contributed by atoms with van der Waals surface area (Å²) in [5, 5.41) is 0. The van der Waals surface area contributed by atoms with Gasteiger partial charge in [-0.1, -0.05) is 0 Å². The van der Waals surface area contributed by atoms with Gasteiger partial charge in [-0.2, -0.15) is 0 Å². The molecule has 0 aromatic heterocycles. The average molecular weight is 334 g/mol. The molecule has 6 heteroatoms. The molecule has 0 bridgehead atoms. The van der Waals surface area contributed by atoms with Crippen molar-refractivity contribution < 1.29 is 18.7 Å². The second kappa shape index (κ2) is 7.64. The predicted octanol–water partition coefficient (Wildman–Crippen LogP) is 2.07. The highest BCUT2D eigenvalue weighted by molar-refractivity contribution is 5.85. The van der Waals surface area contributed by atoms with Crippen LogP contribution in [0, 0.1) is 11.7 Å². The van der Waals surface area contributed by atoms with Crippen LogP contribution in [-0.2, 0) is 9.59 Å². The number of carbonyl (C=O) groups excluding carboxylic acids is 2. The standard InChI is InChI=1S/C18H23FN2O3/c19-15-5-7-16(8-6-15)24-13-14-3-1-9-20(11-14)18(23)12-21-10-2-4-17(21)22/h5-8,14H,1-4,9-13H2. The molecule has 1 aromatic rings. The second-order valence-electron chi connectivity index (χ2n) is 6.53. The molecule has 2 aliphatic rings. The first-order valence-corrected chi connectivity index (χ1v) is 8.56. The highest BCUT2D eigenvalue weighted by Gasteiger charge is 2.28. The lowest BCUT2D eigenvalue weighted by Crippen LogP contribution is -2.46. The Morgan fingerprint density at radius 2 is 2.00 bits per heavy atom. The third-order valence-corrected chi connectivity index (χ3v) is 4.67. The fourth-order valence-electron chi connectivity index (χ4n) is 3.31. The number of likely N-dealkylation sites (tertiary alicyclic amines) is 2. The van der Waals surface area contributed by atoms with Crippen molar-refractivity contribution in [3.05, 3.63) is 30.1 Å². The van der Waals surface area contributed by atoms with E-state index >= 15 is 0 Å². The van der Waals surface area contributed by atoms with Gasteiger partial charge in [0.1, 0.15) is 11.6 Å². The van der Waals surface area contributed by atoms with Gasteiger partial charge in [0.25, 0.3) is 0 Å². The Kier molecular flexibility index (Phi) is 5.33. The maximum atomic E-state index is 12.9. The first kappa shape index (κ1) is 16.7. The van der Waals surface area contributed by atoms with E-state index in [-0.39, 0.29) is 30.1 Å². The maximum Gasteiger partial charge on any atom is 0.242 e. The number of hydrogen-bond acceptors (Lipinski definition) is 3. The number of piperidine rings is 1. The molecule has 2 heterocycles. The van der Waals surface area contributed by atoms with Crippen LogP contribution in [0.5, 0.6) is 5.75 Å². The molecule has 1 aromatic carbocycles. The third kappa shape index (κ3) is 4.24. The van der Waals surface area contributed by atoms with Gasteiger partial charge in [0.2, 0.25) is 11.8 Å². The van der Waals surface area contributed by atoms with Crippen LogP contribution in [0.2, 0.25) is 0 Å². The molecule has 0 saturated carbocycles. The quantitative estimate of drug-likeness (QED) is 0.828. The van der Waals surface area contributed by atoms with Gasteiger partial charge in [-0.05, 0) is 43.5 Å². The molecule has 2 fully saturated rings. The van der Waals surface area contributed by atoms with E-state index in [2.05, 4.69) is 0 Å². The molecule has 1 atom stereocenters. The van der Waals surface area contributed by atoms with Gasteiger partial charge in [0.15, 0.2) is 0 Å². The highest BCUT2D eigenvalue weighted by Crippen LogP contribution is 2.20. The largest absolute Gasteiger partial charge is 0.493 e. The smallest absolute Gasteiger partial charge is 0.242 e. The zero-order valence-electron chi connectivity index (χ0n) is 13.7. The van der Waals surface area contributed by atoms with E-state index in [1.807, 2.05) is 4.90 Å². The summed E-state index contributed by atoms with van der Waals surface area (Å²) in [4.78, 5) is 27.5. The van der Waals surface area contributed by atoms with Crippen molar-refractivity contribution in [3.63, 3.8) is 0 Å². The minimum Gasteiger partial charge on any atom is -0.493 e. The van der Waals surface area contributed by atoms with Crippen LogP contribution in [-0.4, -0.2) is 54.4 Å². The van der Waals surface area contributed by atoms with Gasteiger partial charge in [-0.15, -0.1) is 0 Å². The topological polar surface area (TPSA) is 49.9 Å². The van der Waals surface area contributed by atoms with Crippen LogP contribution in [0.1, 0.15) is 25.7 Å². The Balaban J connectivity index is 1.47. The van der Waals surface area contributed by atoms with Gasteiger partial charge in [-0.25, -0.2) is 4.39 Å². The Hall–Kier alpha value is -2.11. The molecule has 1 unspecified atom stereocenters. The molecule has 130 valence electrons. The average Bonchev–Trinajstić information content (AvgIpc) is 2.99. The van der Waals surface area contributed by atoms with Gasteiger partial charge >= 0.3 is 0 Å². The molecule has 0 aliphatic carbocycles. The number of ether oxygens (including phenoxy) is 1. The summed E-state index contributed by atoms with van der Waals surface area (Å²) in [6.45, 7) is 2.80. The molecule has 0 spiro atoms. The van der Waals surface area contributed by atoms with Crippen LogP contribution in [0.3, 0.4) is 0 Å². The van der Waals surface area contributed by atoms with E-state index in [0.29, 0.717) is 31.9 Å². The summed E-state index contributed by atoms with van der Waals surface area (Å²) in [5.74, 6) is 0.728. The lowest BCUT2D eigenvalue weighted by Gasteiger charge is -2.33. The molecule has 24 heavy (non-hydrogen) atoms. The summed E-state index contributed by atoms with van der Waals surface area (Å²) < 4.78 is 18.6. The highest BCUT2D eigenvalue weighted by atomic mass is 19.1. The molecule has 5 nitrogen and oxygen atoms in total. The number of rotatable bonds is 5. The summed E-state index contributed by atoms with van der Waals surface area (Å²) in [6.07, 6.45) is 3.35. The zero-order valence-corrected chi connectivity index (χ0v) is 13.7. The van der Waals surface area contributed by atoms with Gasteiger partial charge < -0.3 is 14.5 Å². The van der Waals surface area contributed by atoms with Crippen LogP contribution in [0.15, 0.2) is 24.3 Å². The number of hydrogen-bond donors (Lipinski definition) is 0. The minimum atomic E-state index is -0.284. The van der Waals surface area contributed by atoms with Crippen molar-refractivity contribution in [2.45, 2.75) is 25.7 Å². The molecule has 0 radical (unpaired) electrons. The van der Waals surface area contributed by atoms with E-state index in [1.54, 1.807) is 17.0 Å². The lowest BCUT2D eigenvalue weighted by molar-refractivity contribution is -0.139. The summed E-state index contributed by atoms with van der Waals surface area (Å²) >= 11 is 0. The summed E-state index contributed by atoms with van der Waals surface area (Å²) in [5.41, 5.74) is 0. The third-order valence-electron chi connectivity index (χ3n) is 4.67. The molecule has 2 amide bonds. The van der Waals surface area contributed by atoms with Crippen molar-refractivity contribution in [2.24, 2.45) is 5.92 Å². The number of carbonyl (C=O) groups is 2. The normalized spacial score (nSPS) is 21.2. The molecule has 0 N–H and O–H groups in total. The summed E-state index contributed by atoms with van der Waals surface area (Å²) in [6, 6.07) is 5.97. The number of amides is 2. The molecular formula is C18H23FN2O3. The fourth-order valence-corrected chi connectivity index (χ4v) is 3.31. The molecule has 2 aliphatic heterocycles. The number of halogens is 1. The van der Waals surface area contributed by atoms with Crippen molar-refractivity contribution >= 4 is 11.8 Å². The first-order valence-electron chi connectivity index (χ1n) is 8.56. The molecule has 3 rings (SSSR count). The Labute approximate surface area is 141 Å². The zero-order chi connectivity index (χ0) is 16.9. The van der Waals surface area contributed by atoms with E-state index in [4.69, 9.17) is 4.74 Å². The van der Waals surface area contributed by atoms with Gasteiger partial charge in [-0.3, -0.25) is 9.59 Å². The van der Waals surface area contributed by atoms with Gasteiger partial charge in [0.05, 0.1) is 13.2 Å². The SMILES string of the molecule is O=C1CCCN1CC(=O)N1CCCC(COc2ccc(F)cc2)C1. The second-order valence-corrected chi connectivity index (χ2v) is 6.53. The number of benzene rings is 1. The maximum absolute atomic E-state index is 12.9. The Morgan fingerprint density at radius 3 is 2.71 bits per heavy atom. The molecular weight excluding hydrogens is 311 g/mol. The van der Waals surface area contributed by atoms with Crippen molar-refractivity contribution in [1.29, 1.82) is 0 Å². The van der Waals surface area contributed by atoms with Crippen molar-refractivity contribution in [3.8, 4) is 5.75 Å². The Morgan fingerprint density at radius 1 is 1.21 bits per heavy atom. The van der Waals surface area contributed by atoms with E-state index < -0.39 is 0 Å². The number of nitrogens with zero attached hydrogens (tertiary/aromatic N) is 2. The first-order chi connectivity index (χ1) is 11.6.